The van der Waals surface area contributed by atoms with E-state index in [-0.39, 0.29) is 18.7 Å². The van der Waals surface area contributed by atoms with Gasteiger partial charge in [-0.3, -0.25) is 4.90 Å². The number of likely N-dealkylation sites (tertiary alicyclic amines) is 1. The molecule has 0 radical (unpaired) electrons. The van der Waals surface area contributed by atoms with E-state index >= 15 is 0 Å². The second-order valence-corrected chi connectivity index (χ2v) is 6.47. The van der Waals surface area contributed by atoms with Crippen molar-refractivity contribution in [2.45, 2.75) is 51.1 Å². The minimum Gasteiger partial charge on any atom is -0.396 e. The SMILES string of the molecule is CCC1CCCCN1CCNC(=O)N[C@H](CCO)c1ccccc1. The molecule has 1 aromatic rings. The molecule has 1 saturated heterocycles. The van der Waals surface area contributed by atoms with Gasteiger partial charge in [-0.25, -0.2) is 4.79 Å². The molecule has 1 heterocycles. The number of aliphatic hydroxyl groups excluding tert-OH is 1. The molecular formula is C19H31N3O2. The molecule has 1 aromatic carbocycles. The monoisotopic (exact) mass is 333 g/mol. The largest absolute Gasteiger partial charge is 0.396 e. The van der Waals surface area contributed by atoms with Crippen LogP contribution in [-0.4, -0.2) is 48.3 Å². The number of amides is 2. The number of piperidine rings is 1. The Kier molecular flexibility index (Phi) is 8.05. The maximum atomic E-state index is 12.2. The second kappa shape index (κ2) is 10.3. The van der Waals surface area contributed by atoms with Crippen molar-refractivity contribution in [3.05, 3.63) is 35.9 Å². The van der Waals surface area contributed by atoms with Crippen molar-refractivity contribution >= 4 is 6.03 Å². The van der Waals surface area contributed by atoms with Crippen LogP contribution in [0.1, 0.15) is 50.6 Å². The number of hydrogen-bond donors (Lipinski definition) is 3. The average molecular weight is 333 g/mol. The second-order valence-electron chi connectivity index (χ2n) is 6.47. The summed E-state index contributed by atoms with van der Waals surface area (Å²) in [4.78, 5) is 14.7. The smallest absolute Gasteiger partial charge is 0.315 e. The zero-order valence-electron chi connectivity index (χ0n) is 14.7. The van der Waals surface area contributed by atoms with Gasteiger partial charge in [0.2, 0.25) is 0 Å². The van der Waals surface area contributed by atoms with Gasteiger partial charge >= 0.3 is 6.03 Å². The number of nitrogens with zero attached hydrogens (tertiary/aromatic N) is 1. The van der Waals surface area contributed by atoms with Crippen molar-refractivity contribution in [1.82, 2.24) is 15.5 Å². The number of rotatable bonds is 8. The number of aliphatic hydroxyl groups is 1. The van der Waals surface area contributed by atoms with Gasteiger partial charge in [0.05, 0.1) is 6.04 Å². The van der Waals surface area contributed by atoms with Crippen LogP contribution in [0.5, 0.6) is 0 Å². The molecule has 5 nitrogen and oxygen atoms in total. The Morgan fingerprint density at radius 3 is 2.83 bits per heavy atom. The lowest BCUT2D eigenvalue weighted by atomic mass is 10.0. The lowest BCUT2D eigenvalue weighted by Gasteiger charge is -2.35. The highest BCUT2D eigenvalue weighted by Gasteiger charge is 2.20. The maximum Gasteiger partial charge on any atom is 0.315 e. The molecule has 1 aliphatic rings. The topological polar surface area (TPSA) is 64.6 Å². The van der Waals surface area contributed by atoms with Crippen molar-refractivity contribution in [3.63, 3.8) is 0 Å². The predicted octanol–water partition coefficient (Wildman–Crippen LogP) is 2.67. The lowest BCUT2D eigenvalue weighted by Crippen LogP contribution is -2.45. The molecular weight excluding hydrogens is 302 g/mol. The molecule has 2 rings (SSSR count). The molecule has 1 fully saturated rings. The van der Waals surface area contributed by atoms with Crippen LogP contribution in [0.25, 0.3) is 0 Å². The third-order valence-corrected chi connectivity index (χ3v) is 4.83. The predicted molar refractivity (Wildman–Crippen MR) is 96.9 cm³/mol. The van der Waals surface area contributed by atoms with Gasteiger partial charge < -0.3 is 15.7 Å². The van der Waals surface area contributed by atoms with Crippen molar-refractivity contribution in [2.24, 2.45) is 0 Å². The van der Waals surface area contributed by atoms with Crippen molar-refractivity contribution < 1.29 is 9.90 Å². The number of urea groups is 1. The summed E-state index contributed by atoms with van der Waals surface area (Å²) in [6, 6.07) is 10.1. The Morgan fingerprint density at radius 2 is 2.12 bits per heavy atom. The molecule has 5 heteroatoms. The minimum absolute atomic E-state index is 0.0474. The normalized spacial score (nSPS) is 19.7. The highest BCUT2D eigenvalue weighted by molar-refractivity contribution is 5.74. The first-order valence-corrected chi connectivity index (χ1v) is 9.18. The zero-order valence-corrected chi connectivity index (χ0v) is 14.7. The molecule has 3 N–H and O–H groups in total. The van der Waals surface area contributed by atoms with E-state index in [0.717, 1.165) is 18.7 Å². The highest BCUT2D eigenvalue weighted by Crippen LogP contribution is 2.18. The Labute approximate surface area is 145 Å². The van der Waals surface area contributed by atoms with Gasteiger partial charge in [0, 0.05) is 25.7 Å². The molecule has 0 aromatic heterocycles. The summed E-state index contributed by atoms with van der Waals surface area (Å²) in [6.45, 7) is 4.98. The Morgan fingerprint density at radius 1 is 1.33 bits per heavy atom. The summed E-state index contributed by atoms with van der Waals surface area (Å²) in [7, 11) is 0. The van der Waals surface area contributed by atoms with Crippen LogP contribution < -0.4 is 10.6 Å². The standard InChI is InChI=1S/C19H31N3O2/c1-2-17-10-6-7-13-22(17)14-12-20-19(24)21-18(11-15-23)16-8-4-3-5-9-16/h3-5,8-9,17-18,23H,2,6-7,10-15H2,1H3,(H2,20,21,24)/t17?,18-/m1/s1. The molecule has 0 aliphatic carbocycles. The molecule has 2 amide bonds. The van der Waals surface area contributed by atoms with Crippen LogP contribution in [0.3, 0.4) is 0 Å². The highest BCUT2D eigenvalue weighted by atomic mass is 16.3. The summed E-state index contributed by atoms with van der Waals surface area (Å²) in [5.41, 5.74) is 1.02. The number of benzene rings is 1. The molecule has 1 unspecified atom stereocenters. The Hall–Kier alpha value is -1.59. The third kappa shape index (κ3) is 5.80. The minimum atomic E-state index is -0.164. The summed E-state index contributed by atoms with van der Waals surface area (Å²) in [5.74, 6) is 0. The summed E-state index contributed by atoms with van der Waals surface area (Å²) >= 11 is 0. The summed E-state index contributed by atoms with van der Waals surface area (Å²) in [5, 5.41) is 15.2. The fourth-order valence-corrected chi connectivity index (χ4v) is 3.48. The number of carbonyl (C=O) groups is 1. The van der Waals surface area contributed by atoms with Gasteiger partial charge in [-0.1, -0.05) is 43.7 Å². The van der Waals surface area contributed by atoms with Gasteiger partial charge in [-0.05, 0) is 37.8 Å². The van der Waals surface area contributed by atoms with Gasteiger partial charge in [-0.2, -0.15) is 0 Å². The summed E-state index contributed by atoms with van der Waals surface area (Å²) in [6.07, 6.45) is 5.55. The van der Waals surface area contributed by atoms with Gasteiger partial charge in [-0.15, -0.1) is 0 Å². The molecule has 2 atom stereocenters. The van der Waals surface area contributed by atoms with E-state index in [9.17, 15) is 9.90 Å². The fourth-order valence-electron chi connectivity index (χ4n) is 3.48. The third-order valence-electron chi connectivity index (χ3n) is 4.83. The van der Waals surface area contributed by atoms with E-state index in [1.807, 2.05) is 30.3 Å². The van der Waals surface area contributed by atoms with E-state index in [1.165, 1.54) is 25.7 Å². The Balaban J connectivity index is 1.77. The molecule has 0 saturated carbocycles. The number of carbonyl (C=O) groups excluding carboxylic acids is 1. The molecule has 0 spiro atoms. The van der Waals surface area contributed by atoms with Gasteiger partial charge in [0.1, 0.15) is 0 Å². The molecule has 24 heavy (non-hydrogen) atoms. The fraction of sp³-hybridized carbons (Fsp3) is 0.632. The Bertz CT molecular complexity index is 481. The number of hydrogen-bond acceptors (Lipinski definition) is 3. The lowest BCUT2D eigenvalue weighted by molar-refractivity contribution is 0.145. The maximum absolute atomic E-state index is 12.2. The van der Waals surface area contributed by atoms with Crippen molar-refractivity contribution in [2.75, 3.05) is 26.2 Å². The van der Waals surface area contributed by atoms with E-state index in [2.05, 4.69) is 22.5 Å². The van der Waals surface area contributed by atoms with E-state index in [0.29, 0.717) is 19.0 Å². The average Bonchev–Trinajstić information content (AvgIpc) is 2.62. The van der Waals surface area contributed by atoms with Crippen molar-refractivity contribution in [1.29, 1.82) is 0 Å². The van der Waals surface area contributed by atoms with Crippen LogP contribution in [0.4, 0.5) is 4.79 Å². The first kappa shape index (κ1) is 18.7. The molecule has 1 aliphatic heterocycles. The van der Waals surface area contributed by atoms with E-state index in [4.69, 9.17) is 0 Å². The zero-order chi connectivity index (χ0) is 17.2. The van der Waals surface area contributed by atoms with Gasteiger partial charge in [0.15, 0.2) is 0 Å². The van der Waals surface area contributed by atoms with Crippen LogP contribution in [0.15, 0.2) is 30.3 Å². The van der Waals surface area contributed by atoms with E-state index < -0.39 is 0 Å². The molecule has 0 bridgehead atoms. The van der Waals surface area contributed by atoms with Gasteiger partial charge in [0.25, 0.3) is 0 Å². The van der Waals surface area contributed by atoms with Crippen LogP contribution in [-0.2, 0) is 0 Å². The van der Waals surface area contributed by atoms with Crippen molar-refractivity contribution in [3.8, 4) is 0 Å². The number of nitrogens with one attached hydrogen (secondary N) is 2. The molecule has 134 valence electrons. The quantitative estimate of drug-likeness (QED) is 0.685. The summed E-state index contributed by atoms with van der Waals surface area (Å²) < 4.78 is 0. The van der Waals surface area contributed by atoms with Crippen LogP contribution in [0, 0.1) is 0 Å². The van der Waals surface area contributed by atoms with E-state index in [1.54, 1.807) is 0 Å². The van der Waals surface area contributed by atoms with Crippen LogP contribution >= 0.6 is 0 Å². The van der Waals surface area contributed by atoms with Crippen LogP contribution in [0.2, 0.25) is 0 Å². The first-order valence-electron chi connectivity index (χ1n) is 9.18. The first-order chi connectivity index (χ1) is 11.7.